The van der Waals surface area contributed by atoms with E-state index in [9.17, 15) is 0 Å². The first-order valence-electron chi connectivity index (χ1n) is 6.18. The molecule has 0 bridgehead atoms. The molecule has 0 N–H and O–H groups in total. The summed E-state index contributed by atoms with van der Waals surface area (Å²) in [5.74, 6) is 0. The minimum Gasteiger partial charge on any atom is -0.372 e. The summed E-state index contributed by atoms with van der Waals surface area (Å²) in [6, 6.07) is 4.23. The van der Waals surface area contributed by atoms with Gasteiger partial charge in [-0.25, -0.2) is 0 Å². The molecule has 0 atom stereocenters. The van der Waals surface area contributed by atoms with Crippen LogP contribution in [0.15, 0.2) is 17.7 Å². The van der Waals surface area contributed by atoms with Crippen LogP contribution in [0.25, 0.3) is 5.57 Å². The summed E-state index contributed by atoms with van der Waals surface area (Å²) in [5.41, 5.74) is 6.36. The molecule has 2 aliphatic rings. The zero-order valence-electron chi connectivity index (χ0n) is 10.5. The second kappa shape index (κ2) is 4.24. The van der Waals surface area contributed by atoms with E-state index in [2.05, 4.69) is 31.0 Å². The van der Waals surface area contributed by atoms with Crippen molar-refractivity contribution >= 4 is 5.57 Å². The van der Waals surface area contributed by atoms with Crippen molar-refractivity contribution in [2.75, 3.05) is 26.7 Å². The predicted octanol–water partition coefficient (Wildman–Crippen LogP) is 2.01. The lowest BCUT2D eigenvalue weighted by Gasteiger charge is -2.26. The van der Waals surface area contributed by atoms with Crippen LogP contribution in [0.1, 0.15) is 23.4 Å². The molecule has 0 spiro atoms. The molecule has 3 nitrogen and oxygen atoms in total. The lowest BCUT2D eigenvalue weighted by molar-refractivity contribution is 0.139. The molecule has 2 aliphatic heterocycles. The van der Waals surface area contributed by atoms with E-state index in [-0.39, 0.29) is 0 Å². The molecular formula is C14H18N2O. The first kappa shape index (κ1) is 10.9. The zero-order chi connectivity index (χ0) is 11.8. The van der Waals surface area contributed by atoms with E-state index >= 15 is 0 Å². The molecule has 3 rings (SSSR count). The number of pyridine rings is 1. The van der Waals surface area contributed by atoms with Crippen LogP contribution in [0, 0.1) is 6.92 Å². The van der Waals surface area contributed by atoms with Gasteiger partial charge in [0, 0.05) is 24.3 Å². The SMILES string of the molecule is Cc1ccc2c(n1)C1=C(COC2)CN(C)CC1. The van der Waals surface area contributed by atoms with Crippen molar-refractivity contribution in [2.45, 2.75) is 20.0 Å². The van der Waals surface area contributed by atoms with Crippen molar-refractivity contribution in [1.29, 1.82) is 0 Å². The number of likely N-dealkylation sites (N-methyl/N-ethyl adjacent to an activating group) is 1. The second-order valence-electron chi connectivity index (χ2n) is 5.02. The Hall–Kier alpha value is -1.19. The summed E-state index contributed by atoms with van der Waals surface area (Å²) in [4.78, 5) is 7.08. The van der Waals surface area contributed by atoms with Gasteiger partial charge in [-0.2, -0.15) is 0 Å². The van der Waals surface area contributed by atoms with E-state index in [0.29, 0.717) is 6.61 Å². The van der Waals surface area contributed by atoms with Gasteiger partial charge in [0.1, 0.15) is 0 Å². The molecule has 0 aromatic carbocycles. The van der Waals surface area contributed by atoms with Gasteiger partial charge in [-0.1, -0.05) is 6.07 Å². The van der Waals surface area contributed by atoms with Gasteiger partial charge in [-0.05, 0) is 37.6 Å². The second-order valence-corrected chi connectivity index (χ2v) is 5.02. The Morgan fingerprint density at radius 3 is 3.06 bits per heavy atom. The van der Waals surface area contributed by atoms with Crippen molar-refractivity contribution in [1.82, 2.24) is 9.88 Å². The van der Waals surface area contributed by atoms with Crippen molar-refractivity contribution in [2.24, 2.45) is 0 Å². The Labute approximate surface area is 102 Å². The predicted molar refractivity (Wildman–Crippen MR) is 67.7 cm³/mol. The van der Waals surface area contributed by atoms with Crippen LogP contribution in [0.5, 0.6) is 0 Å². The standard InChI is InChI=1S/C14H18N2O/c1-10-3-4-11-8-17-9-12-7-16(2)6-5-13(12)14(11)15-10/h3-4H,5-9H2,1-2H3. The van der Waals surface area contributed by atoms with E-state index in [1.54, 1.807) is 0 Å². The highest BCUT2D eigenvalue weighted by Gasteiger charge is 2.23. The minimum atomic E-state index is 0.694. The Balaban J connectivity index is 2.11. The fraction of sp³-hybridized carbons (Fsp3) is 0.500. The first-order valence-corrected chi connectivity index (χ1v) is 6.18. The summed E-state index contributed by atoms with van der Waals surface area (Å²) in [6.07, 6.45) is 1.10. The largest absolute Gasteiger partial charge is 0.372 e. The molecular weight excluding hydrogens is 212 g/mol. The summed E-state index contributed by atoms with van der Waals surface area (Å²) >= 11 is 0. The average molecular weight is 230 g/mol. The number of nitrogens with zero attached hydrogens (tertiary/aromatic N) is 2. The Bertz CT molecular complexity index is 479. The number of aromatic nitrogens is 1. The number of aryl methyl sites for hydroxylation is 1. The molecule has 17 heavy (non-hydrogen) atoms. The van der Waals surface area contributed by atoms with Crippen molar-refractivity contribution in [3.05, 3.63) is 34.7 Å². The molecule has 0 aliphatic carbocycles. The lowest BCUT2D eigenvalue weighted by Crippen LogP contribution is -2.28. The fourth-order valence-electron chi connectivity index (χ4n) is 2.65. The third kappa shape index (κ3) is 2.01. The van der Waals surface area contributed by atoms with Crippen LogP contribution in [0.4, 0.5) is 0 Å². The molecule has 0 fully saturated rings. The van der Waals surface area contributed by atoms with Gasteiger partial charge in [0.25, 0.3) is 0 Å². The Morgan fingerprint density at radius 1 is 1.29 bits per heavy atom. The smallest absolute Gasteiger partial charge is 0.0742 e. The fourth-order valence-corrected chi connectivity index (χ4v) is 2.65. The van der Waals surface area contributed by atoms with Crippen molar-refractivity contribution in [3.63, 3.8) is 0 Å². The van der Waals surface area contributed by atoms with Gasteiger partial charge in [-0.3, -0.25) is 4.98 Å². The van der Waals surface area contributed by atoms with Gasteiger partial charge in [0.05, 0.1) is 18.9 Å². The molecule has 1 aromatic rings. The maximum Gasteiger partial charge on any atom is 0.0742 e. The molecule has 1 aromatic heterocycles. The highest BCUT2D eigenvalue weighted by molar-refractivity contribution is 5.70. The normalized spacial score (nSPS) is 20.8. The van der Waals surface area contributed by atoms with Gasteiger partial charge < -0.3 is 9.64 Å². The van der Waals surface area contributed by atoms with E-state index in [1.165, 1.54) is 22.4 Å². The zero-order valence-corrected chi connectivity index (χ0v) is 10.5. The molecule has 0 amide bonds. The van der Waals surface area contributed by atoms with Gasteiger partial charge in [0.2, 0.25) is 0 Å². The highest BCUT2D eigenvalue weighted by atomic mass is 16.5. The van der Waals surface area contributed by atoms with Crippen molar-refractivity contribution < 1.29 is 4.74 Å². The molecule has 0 saturated heterocycles. The Kier molecular flexibility index (Phi) is 2.73. The maximum atomic E-state index is 5.75. The van der Waals surface area contributed by atoms with Gasteiger partial charge in [0.15, 0.2) is 0 Å². The molecule has 0 unspecified atom stereocenters. The molecule has 90 valence electrons. The third-order valence-corrected chi connectivity index (χ3v) is 3.57. The van der Waals surface area contributed by atoms with E-state index < -0.39 is 0 Å². The summed E-state index contributed by atoms with van der Waals surface area (Å²) in [6.45, 7) is 5.65. The molecule has 0 radical (unpaired) electrons. The van der Waals surface area contributed by atoms with Crippen LogP contribution in [0.3, 0.4) is 0 Å². The first-order chi connectivity index (χ1) is 8.24. The number of hydrogen-bond donors (Lipinski definition) is 0. The minimum absolute atomic E-state index is 0.694. The van der Waals surface area contributed by atoms with Crippen LogP contribution < -0.4 is 0 Å². The number of fused-ring (bicyclic) bond motifs is 2. The number of rotatable bonds is 0. The van der Waals surface area contributed by atoms with Crippen molar-refractivity contribution in [3.8, 4) is 0 Å². The van der Waals surface area contributed by atoms with E-state index in [1.807, 2.05) is 0 Å². The highest BCUT2D eigenvalue weighted by Crippen LogP contribution is 2.31. The van der Waals surface area contributed by atoms with Crippen LogP contribution in [0.2, 0.25) is 0 Å². The van der Waals surface area contributed by atoms with Crippen LogP contribution in [-0.2, 0) is 11.3 Å². The Morgan fingerprint density at radius 2 is 2.18 bits per heavy atom. The topological polar surface area (TPSA) is 25.4 Å². The lowest BCUT2D eigenvalue weighted by atomic mass is 9.95. The van der Waals surface area contributed by atoms with E-state index in [0.717, 1.165) is 31.8 Å². The van der Waals surface area contributed by atoms with Gasteiger partial charge in [-0.15, -0.1) is 0 Å². The monoisotopic (exact) mass is 230 g/mol. The van der Waals surface area contributed by atoms with E-state index in [4.69, 9.17) is 9.72 Å². The molecule has 0 saturated carbocycles. The van der Waals surface area contributed by atoms with Crippen LogP contribution in [-0.4, -0.2) is 36.6 Å². The quantitative estimate of drug-likeness (QED) is 0.681. The van der Waals surface area contributed by atoms with Crippen LogP contribution >= 0.6 is 0 Å². The summed E-state index contributed by atoms with van der Waals surface area (Å²) in [7, 11) is 2.17. The average Bonchev–Trinajstić information content (AvgIpc) is 2.47. The van der Waals surface area contributed by atoms with Gasteiger partial charge >= 0.3 is 0 Å². The summed E-state index contributed by atoms with van der Waals surface area (Å²) in [5, 5.41) is 0. The maximum absolute atomic E-state index is 5.75. The summed E-state index contributed by atoms with van der Waals surface area (Å²) < 4.78 is 5.75. The number of hydrogen-bond acceptors (Lipinski definition) is 3. The third-order valence-electron chi connectivity index (χ3n) is 3.57. The molecule has 3 heterocycles. The number of ether oxygens (including phenoxy) is 1. The molecule has 3 heteroatoms.